The van der Waals surface area contributed by atoms with E-state index in [1.807, 2.05) is 19.1 Å². The molecule has 2 aliphatic rings. The number of aliphatic hydroxyl groups is 1. The Morgan fingerprint density at radius 3 is 2.96 bits per heavy atom. The quantitative estimate of drug-likeness (QED) is 0.895. The van der Waals surface area contributed by atoms with Crippen molar-refractivity contribution in [1.29, 1.82) is 0 Å². The van der Waals surface area contributed by atoms with Gasteiger partial charge in [0.15, 0.2) is 0 Å². The first-order valence-electron chi connectivity index (χ1n) is 8.65. The van der Waals surface area contributed by atoms with E-state index >= 15 is 0 Å². The van der Waals surface area contributed by atoms with Crippen molar-refractivity contribution in [2.24, 2.45) is 5.92 Å². The highest BCUT2D eigenvalue weighted by Gasteiger charge is 2.30. The summed E-state index contributed by atoms with van der Waals surface area (Å²) in [5.41, 5.74) is 2.23. The molecule has 0 spiro atoms. The fourth-order valence-corrected chi connectivity index (χ4v) is 3.72. The van der Waals surface area contributed by atoms with Gasteiger partial charge in [-0.3, -0.25) is 9.69 Å². The highest BCUT2D eigenvalue weighted by molar-refractivity contribution is 5.22. The summed E-state index contributed by atoms with van der Waals surface area (Å²) in [5, 5.41) is 14.7. The maximum atomic E-state index is 12.1. The largest absolute Gasteiger partial charge is 0.464 e. The molecular formula is C18H23N3O3. The minimum absolute atomic E-state index is 0.0141. The molecule has 4 rings (SSSR count). The number of furan rings is 1. The Hall–Kier alpha value is -1.92. The lowest BCUT2D eigenvalue weighted by atomic mass is 9.99. The van der Waals surface area contributed by atoms with E-state index in [-0.39, 0.29) is 5.56 Å². The third kappa shape index (κ3) is 3.03. The van der Waals surface area contributed by atoms with Gasteiger partial charge in [0.2, 0.25) is 0 Å². The number of likely N-dealkylation sites (tertiary alicyclic amines) is 1. The fraction of sp³-hybridized carbons (Fsp3) is 0.556. The van der Waals surface area contributed by atoms with Crippen molar-refractivity contribution in [2.75, 3.05) is 19.6 Å². The summed E-state index contributed by atoms with van der Waals surface area (Å²) in [6.07, 6.45) is 2.48. The predicted octanol–water partition coefficient (Wildman–Crippen LogP) is 1.30. The van der Waals surface area contributed by atoms with Crippen molar-refractivity contribution in [2.45, 2.75) is 38.8 Å². The van der Waals surface area contributed by atoms with Gasteiger partial charge in [-0.05, 0) is 43.9 Å². The monoisotopic (exact) mass is 329 g/mol. The molecule has 2 aromatic heterocycles. The molecule has 0 amide bonds. The van der Waals surface area contributed by atoms with Crippen LogP contribution in [0.2, 0.25) is 0 Å². The Morgan fingerprint density at radius 2 is 2.21 bits per heavy atom. The molecule has 1 aliphatic heterocycles. The third-order valence-corrected chi connectivity index (χ3v) is 5.01. The van der Waals surface area contributed by atoms with Crippen LogP contribution in [0.3, 0.4) is 0 Å². The van der Waals surface area contributed by atoms with Crippen LogP contribution < -0.4 is 5.56 Å². The zero-order valence-electron chi connectivity index (χ0n) is 13.9. The van der Waals surface area contributed by atoms with Gasteiger partial charge in [0, 0.05) is 31.6 Å². The van der Waals surface area contributed by atoms with Crippen LogP contribution in [-0.2, 0) is 19.4 Å². The number of aromatic nitrogens is 2. The topological polar surface area (TPSA) is 71.5 Å². The molecule has 1 aliphatic carbocycles. The van der Waals surface area contributed by atoms with Gasteiger partial charge < -0.3 is 9.52 Å². The van der Waals surface area contributed by atoms with Gasteiger partial charge in [0.1, 0.15) is 17.6 Å². The molecule has 1 N–H and O–H groups in total. The number of aliphatic hydroxyl groups excluding tert-OH is 1. The Kier molecular flexibility index (Phi) is 4.02. The first-order valence-corrected chi connectivity index (χ1v) is 8.65. The molecular weight excluding hydrogens is 306 g/mol. The molecule has 0 radical (unpaired) electrons. The molecule has 6 heteroatoms. The summed E-state index contributed by atoms with van der Waals surface area (Å²) >= 11 is 0. The van der Waals surface area contributed by atoms with E-state index < -0.39 is 6.10 Å². The van der Waals surface area contributed by atoms with E-state index in [9.17, 15) is 9.90 Å². The van der Waals surface area contributed by atoms with E-state index in [1.54, 1.807) is 10.7 Å². The van der Waals surface area contributed by atoms with Crippen LogP contribution >= 0.6 is 0 Å². The average molecular weight is 329 g/mol. The van der Waals surface area contributed by atoms with Crippen molar-refractivity contribution >= 4 is 0 Å². The van der Waals surface area contributed by atoms with Gasteiger partial charge in [-0.1, -0.05) is 0 Å². The fourth-order valence-electron chi connectivity index (χ4n) is 3.72. The molecule has 1 saturated heterocycles. The molecule has 3 heterocycles. The average Bonchev–Trinajstić information content (AvgIpc) is 3.13. The minimum Gasteiger partial charge on any atom is -0.464 e. The van der Waals surface area contributed by atoms with Gasteiger partial charge in [-0.25, -0.2) is 4.68 Å². The number of fused-ring (bicyclic) bond motifs is 1. The van der Waals surface area contributed by atoms with Gasteiger partial charge in [-0.15, -0.1) is 0 Å². The maximum Gasteiger partial charge on any atom is 0.267 e. The van der Waals surface area contributed by atoms with Crippen LogP contribution in [0.5, 0.6) is 0 Å². The first kappa shape index (κ1) is 15.6. The highest BCUT2D eigenvalue weighted by atomic mass is 16.4. The van der Waals surface area contributed by atoms with Crippen LogP contribution in [0.15, 0.2) is 27.4 Å². The number of aryl methyl sites for hydroxylation is 3. The van der Waals surface area contributed by atoms with Crippen molar-refractivity contribution in [3.05, 3.63) is 51.3 Å². The van der Waals surface area contributed by atoms with E-state index in [0.717, 1.165) is 49.4 Å². The zero-order chi connectivity index (χ0) is 16.7. The van der Waals surface area contributed by atoms with Gasteiger partial charge in [0.25, 0.3) is 5.56 Å². The summed E-state index contributed by atoms with van der Waals surface area (Å²) < 4.78 is 7.09. The molecule has 0 aromatic carbocycles. The van der Waals surface area contributed by atoms with Crippen LogP contribution in [0, 0.1) is 12.8 Å². The lowest BCUT2D eigenvalue weighted by Crippen LogP contribution is -2.50. The van der Waals surface area contributed by atoms with E-state index in [4.69, 9.17) is 4.42 Å². The van der Waals surface area contributed by atoms with E-state index in [1.165, 1.54) is 0 Å². The number of hydrogen-bond acceptors (Lipinski definition) is 5. The minimum atomic E-state index is -0.597. The molecule has 1 atom stereocenters. The number of hydrogen-bond donors (Lipinski definition) is 1. The Labute approximate surface area is 140 Å². The van der Waals surface area contributed by atoms with Crippen LogP contribution in [0.25, 0.3) is 0 Å². The SMILES string of the molecule is Cc1ccc(C(O)CN2CC(Cn3nc4c(cc3=O)CCC4)C2)o1. The standard InChI is InChI=1S/C18H23N3O3/c1-12-5-6-17(24-12)16(22)11-20-8-13(9-20)10-21-18(23)7-14-3-2-4-15(14)19-21/h5-7,13,16,22H,2-4,8-11H2,1H3. The predicted molar refractivity (Wildman–Crippen MR) is 88.9 cm³/mol. The Bertz CT molecular complexity index is 789. The summed E-state index contributed by atoms with van der Waals surface area (Å²) in [6, 6.07) is 5.45. The molecule has 2 aromatic rings. The van der Waals surface area contributed by atoms with E-state index in [2.05, 4.69) is 10.00 Å². The number of rotatable bonds is 5. The third-order valence-electron chi connectivity index (χ3n) is 5.01. The summed E-state index contributed by atoms with van der Waals surface area (Å²) in [6.45, 7) is 4.86. The lowest BCUT2D eigenvalue weighted by Gasteiger charge is -2.40. The normalized spacial score (nSPS) is 19.2. The van der Waals surface area contributed by atoms with Crippen molar-refractivity contribution in [3.8, 4) is 0 Å². The molecule has 128 valence electrons. The van der Waals surface area contributed by atoms with Crippen LogP contribution in [-0.4, -0.2) is 39.4 Å². The van der Waals surface area contributed by atoms with Gasteiger partial charge in [0.05, 0.1) is 12.2 Å². The van der Waals surface area contributed by atoms with Gasteiger partial charge >= 0.3 is 0 Å². The number of nitrogens with zero attached hydrogens (tertiary/aromatic N) is 3. The second-order valence-corrected chi connectivity index (χ2v) is 7.04. The summed E-state index contributed by atoms with van der Waals surface area (Å²) in [5.74, 6) is 1.85. The second kappa shape index (κ2) is 6.18. The number of β-amino-alcohol motifs (C(OH)–C–C–N with tert-alkyl or cyclic N) is 1. The van der Waals surface area contributed by atoms with Gasteiger partial charge in [-0.2, -0.15) is 5.10 Å². The van der Waals surface area contributed by atoms with Crippen molar-refractivity contribution in [1.82, 2.24) is 14.7 Å². The molecule has 6 nitrogen and oxygen atoms in total. The van der Waals surface area contributed by atoms with Crippen LogP contribution in [0.1, 0.15) is 35.3 Å². The Morgan fingerprint density at radius 1 is 1.38 bits per heavy atom. The highest BCUT2D eigenvalue weighted by Crippen LogP contribution is 2.23. The van der Waals surface area contributed by atoms with Crippen molar-refractivity contribution in [3.63, 3.8) is 0 Å². The smallest absolute Gasteiger partial charge is 0.267 e. The first-order chi connectivity index (χ1) is 11.6. The second-order valence-electron chi connectivity index (χ2n) is 7.04. The summed E-state index contributed by atoms with van der Waals surface area (Å²) in [7, 11) is 0. The molecule has 0 saturated carbocycles. The molecule has 1 unspecified atom stereocenters. The molecule has 24 heavy (non-hydrogen) atoms. The molecule has 0 bridgehead atoms. The summed E-state index contributed by atoms with van der Waals surface area (Å²) in [4.78, 5) is 14.3. The Balaban J connectivity index is 1.31. The van der Waals surface area contributed by atoms with Crippen molar-refractivity contribution < 1.29 is 9.52 Å². The van der Waals surface area contributed by atoms with E-state index in [0.29, 0.717) is 24.8 Å². The molecule has 1 fully saturated rings. The van der Waals surface area contributed by atoms with Crippen LogP contribution in [0.4, 0.5) is 0 Å². The maximum absolute atomic E-state index is 12.1. The lowest BCUT2D eigenvalue weighted by molar-refractivity contribution is 0.0232. The zero-order valence-corrected chi connectivity index (χ0v) is 13.9.